The van der Waals surface area contributed by atoms with E-state index in [0.29, 0.717) is 0 Å². The molecule has 0 unspecified atom stereocenters. The van der Waals surface area contributed by atoms with Crippen LogP contribution in [0.1, 0.15) is 37.3 Å². The highest BCUT2D eigenvalue weighted by Gasteiger charge is 2.44. The van der Waals surface area contributed by atoms with Gasteiger partial charge < -0.3 is 10.5 Å². The Morgan fingerprint density at radius 1 is 1.29 bits per heavy atom. The summed E-state index contributed by atoms with van der Waals surface area (Å²) >= 11 is 0. The molecule has 1 aromatic rings. The fraction of sp³-hybridized carbons (Fsp3) is 0.500. The summed E-state index contributed by atoms with van der Waals surface area (Å²) in [6.07, 6.45) is 4.63. The minimum atomic E-state index is 0.0910. The smallest absolute Gasteiger partial charge is 0.124 e. The van der Waals surface area contributed by atoms with Gasteiger partial charge in [-0.1, -0.05) is 18.2 Å². The molecule has 1 atom stereocenters. The van der Waals surface area contributed by atoms with Crippen molar-refractivity contribution in [3.8, 4) is 5.75 Å². The molecule has 0 radical (unpaired) electrons. The van der Waals surface area contributed by atoms with Gasteiger partial charge in [0.25, 0.3) is 0 Å². The minimum absolute atomic E-state index is 0.0910. The summed E-state index contributed by atoms with van der Waals surface area (Å²) in [6, 6.07) is 8.32. The SMILES string of the molecule is N[C@@H]1CC2(CCC2)Oc2ccccc21. The van der Waals surface area contributed by atoms with E-state index in [-0.39, 0.29) is 11.6 Å². The van der Waals surface area contributed by atoms with Crippen molar-refractivity contribution in [2.45, 2.75) is 37.3 Å². The number of hydrogen-bond acceptors (Lipinski definition) is 2. The van der Waals surface area contributed by atoms with Crippen molar-refractivity contribution in [3.63, 3.8) is 0 Å². The van der Waals surface area contributed by atoms with E-state index in [2.05, 4.69) is 6.07 Å². The average molecular weight is 189 g/mol. The second-order valence-corrected chi connectivity index (χ2v) is 4.49. The van der Waals surface area contributed by atoms with Crippen LogP contribution in [0, 0.1) is 0 Å². The highest BCUT2D eigenvalue weighted by Crippen LogP contribution is 2.47. The van der Waals surface area contributed by atoms with E-state index < -0.39 is 0 Å². The zero-order valence-corrected chi connectivity index (χ0v) is 8.20. The first kappa shape index (κ1) is 8.30. The van der Waals surface area contributed by atoms with Crippen LogP contribution >= 0.6 is 0 Å². The molecule has 0 saturated heterocycles. The molecule has 0 aromatic heterocycles. The van der Waals surface area contributed by atoms with Crippen LogP contribution in [0.4, 0.5) is 0 Å². The molecular weight excluding hydrogens is 174 g/mol. The van der Waals surface area contributed by atoms with Gasteiger partial charge in [0.15, 0.2) is 0 Å². The van der Waals surface area contributed by atoms with Crippen LogP contribution in [0.3, 0.4) is 0 Å². The Morgan fingerprint density at radius 3 is 2.79 bits per heavy atom. The van der Waals surface area contributed by atoms with Gasteiger partial charge in [0, 0.05) is 18.0 Å². The molecule has 0 amide bonds. The van der Waals surface area contributed by atoms with E-state index in [1.165, 1.54) is 24.8 Å². The summed E-state index contributed by atoms with van der Waals surface area (Å²) in [4.78, 5) is 0. The predicted octanol–water partition coefficient (Wildman–Crippen LogP) is 2.39. The molecule has 74 valence electrons. The molecule has 1 spiro atoms. The largest absolute Gasteiger partial charge is 0.487 e. The minimum Gasteiger partial charge on any atom is -0.487 e. The Kier molecular flexibility index (Phi) is 1.62. The quantitative estimate of drug-likeness (QED) is 0.680. The van der Waals surface area contributed by atoms with Gasteiger partial charge in [-0.15, -0.1) is 0 Å². The van der Waals surface area contributed by atoms with E-state index in [9.17, 15) is 0 Å². The first-order chi connectivity index (χ1) is 6.79. The number of para-hydroxylation sites is 1. The highest BCUT2D eigenvalue weighted by molar-refractivity contribution is 5.39. The Hall–Kier alpha value is -1.02. The molecule has 1 aliphatic carbocycles. The number of ether oxygens (including phenoxy) is 1. The Balaban J connectivity index is 2.00. The third kappa shape index (κ3) is 1.07. The standard InChI is InChI=1S/C12H15NO/c13-10-8-12(6-3-7-12)14-11-5-2-1-4-9(10)11/h1-2,4-5,10H,3,6-8,13H2/t10-/m1/s1. The number of fused-ring (bicyclic) bond motifs is 1. The maximum Gasteiger partial charge on any atom is 0.124 e. The van der Waals surface area contributed by atoms with Gasteiger partial charge in [-0.3, -0.25) is 0 Å². The fourth-order valence-electron chi connectivity index (χ4n) is 2.54. The van der Waals surface area contributed by atoms with Crippen molar-refractivity contribution in [1.29, 1.82) is 0 Å². The lowest BCUT2D eigenvalue weighted by atomic mass is 9.73. The van der Waals surface area contributed by atoms with Gasteiger partial charge in [-0.05, 0) is 25.3 Å². The Morgan fingerprint density at radius 2 is 2.07 bits per heavy atom. The molecule has 2 heteroatoms. The maximum atomic E-state index is 6.15. The fourth-order valence-corrected chi connectivity index (χ4v) is 2.54. The van der Waals surface area contributed by atoms with Crippen molar-refractivity contribution >= 4 is 0 Å². The van der Waals surface area contributed by atoms with Crippen LogP contribution in [0.15, 0.2) is 24.3 Å². The van der Waals surface area contributed by atoms with Gasteiger partial charge >= 0.3 is 0 Å². The van der Waals surface area contributed by atoms with Crippen LogP contribution < -0.4 is 10.5 Å². The highest BCUT2D eigenvalue weighted by atomic mass is 16.5. The summed E-state index contributed by atoms with van der Waals surface area (Å²) in [7, 11) is 0. The van der Waals surface area contributed by atoms with Gasteiger partial charge in [0.2, 0.25) is 0 Å². The van der Waals surface area contributed by atoms with Crippen LogP contribution in [-0.2, 0) is 0 Å². The molecule has 1 aliphatic heterocycles. The zero-order valence-electron chi connectivity index (χ0n) is 8.20. The number of hydrogen-bond donors (Lipinski definition) is 1. The normalized spacial score (nSPS) is 27.6. The van der Waals surface area contributed by atoms with Crippen LogP contribution in [0.5, 0.6) is 5.75 Å². The van der Waals surface area contributed by atoms with Crippen molar-refractivity contribution in [2.75, 3.05) is 0 Å². The molecule has 14 heavy (non-hydrogen) atoms. The van der Waals surface area contributed by atoms with Gasteiger partial charge in [-0.2, -0.15) is 0 Å². The lowest BCUT2D eigenvalue weighted by Crippen LogP contribution is -2.48. The van der Waals surface area contributed by atoms with E-state index >= 15 is 0 Å². The summed E-state index contributed by atoms with van der Waals surface area (Å²) in [5.41, 5.74) is 7.41. The van der Waals surface area contributed by atoms with Gasteiger partial charge in [0.1, 0.15) is 11.4 Å². The van der Waals surface area contributed by atoms with E-state index in [1.807, 2.05) is 18.2 Å². The topological polar surface area (TPSA) is 35.2 Å². The van der Waals surface area contributed by atoms with Crippen molar-refractivity contribution < 1.29 is 4.74 Å². The summed E-state index contributed by atoms with van der Waals surface area (Å²) in [5, 5.41) is 0. The second kappa shape index (κ2) is 2.74. The first-order valence-corrected chi connectivity index (χ1v) is 5.33. The van der Waals surface area contributed by atoms with E-state index in [4.69, 9.17) is 10.5 Å². The average Bonchev–Trinajstić information content (AvgIpc) is 2.15. The molecule has 1 heterocycles. The van der Waals surface area contributed by atoms with Crippen LogP contribution in [0.2, 0.25) is 0 Å². The van der Waals surface area contributed by atoms with Crippen molar-refractivity contribution in [1.82, 2.24) is 0 Å². The molecule has 2 N–H and O–H groups in total. The predicted molar refractivity (Wildman–Crippen MR) is 55.2 cm³/mol. The second-order valence-electron chi connectivity index (χ2n) is 4.49. The molecule has 3 rings (SSSR count). The van der Waals surface area contributed by atoms with Crippen LogP contribution in [-0.4, -0.2) is 5.60 Å². The van der Waals surface area contributed by atoms with E-state index in [0.717, 1.165) is 12.2 Å². The van der Waals surface area contributed by atoms with Crippen molar-refractivity contribution in [2.24, 2.45) is 5.73 Å². The van der Waals surface area contributed by atoms with E-state index in [1.54, 1.807) is 0 Å². The molecule has 2 nitrogen and oxygen atoms in total. The first-order valence-electron chi connectivity index (χ1n) is 5.33. The molecule has 1 fully saturated rings. The number of nitrogens with two attached hydrogens (primary N) is 1. The number of rotatable bonds is 0. The number of benzene rings is 1. The summed E-state index contributed by atoms with van der Waals surface area (Å²) in [6.45, 7) is 0. The van der Waals surface area contributed by atoms with Crippen molar-refractivity contribution in [3.05, 3.63) is 29.8 Å². The molecule has 2 aliphatic rings. The van der Waals surface area contributed by atoms with Gasteiger partial charge in [-0.25, -0.2) is 0 Å². The molecular formula is C12H15NO. The zero-order chi connectivity index (χ0) is 9.60. The lowest BCUT2D eigenvalue weighted by molar-refractivity contribution is -0.0329. The molecule has 1 saturated carbocycles. The third-order valence-electron chi connectivity index (χ3n) is 3.50. The maximum absolute atomic E-state index is 6.15. The Labute approximate surface area is 84.1 Å². The summed E-state index contributed by atoms with van der Waals surface area (Å²) < 4.78 is 6.05. The summed E-state index contributed by atoms with van der Waals surface area (Å²) in [5.74, 6) is 1.01. The lowest BCUT2D eigenvalue weighted by Gasteiger charge is -2.47. The molecule has 0 bridgehead atoms. The monoisotopic (exact) mass is 189 g/mol. The third-order valence-corrected chi connectivity index (χ3v) is 3.50. The van der Waals surface area contributed by atoms with Gasteiger partial charge in [0.05, 0.1) is 0 Å². The Bertz CT molecular complexity index is 357. The van der Waals surface area contributed by atoms with Crippen LogP contribution in [0.25, 0.3) is 0 Å². The molecule has 1 aromatic carbocycles.